The molecule has 0 bridgehead atoms. The molecule has 1 fully saturated rings. The average Bonchev–Trinajstić information content (AvgIpc) is 2.90. The van der Waals surface area contributed by atoms with Crippen molar-refractivity contribution >= 4 is 21.8 Å². The van der Waals surface area contributed by atoms with Crippen molar-refractivity contribution in [2.75, 3.05) is 13.1 Å². The minimum Gasteiger partial charge on any atom is -0.351 e. The highest BCUT2D eigenvalue weighted by Crippen LogP contribution is 2.34. The van der Waals surface area contributed by atoms with Crippen molar-refractivity contribution in [2.45, 2.75) is 26.8 Å². The van der Waals surface area contributed by atoms with E-state index in [9.17, 15) is 9.18 Å². The van der Waals surface area contributed by atoms with E-state index in [-0.39, 0.29) is 29.6 Å². The van der Waals surface area contributed by atoms with Crippen LogP contribution in [0, 0.1) is 17.2 Å². The standard InChI is InChI=1S/C15H20BrFN2O/c1-10(2)15(5-6-18-9-15)14(20)19-8-11-7-12(16)3-4-13(11)17/h3-4,7,10,18H,5-6,8-9H2,1-2H3,(H,19,20). The van der Waals surface area contributed by atoms with E-state index in [1.165, 1.54) is 6.07 Å². The van der Waals surface area contributed by atoms with Crippen LogP contribution in [0.2, 0.25) is 0 Å². The highest BCUT2D eigenvalue weighted by atomic mass is 79.9. The van der Waals surface area contributed by atoms with Gasteiger partial charge in [-0.05, 0) is 37.1 Å². The monoisotopic (exact) mass is 342 g/mol. The van der Waals surface area contributed by atoms with Crippen molar-refractivity contribution in [1.82, 2.24) is 10.6 Å². The maximum absolute atomic E-state index is 13.7. The fourth-order valence-corrected chi connectivity index (χ4v) is 3.10. The molecular formula is C15H20BrFN2O. The maximum atomic E-state index is 13.7. The first kappa shape index (κ1) is 15.4. The van der Waals surface area contributed by atoms with Gasteiger partial charge in [-0.25, -0.2) is 4.39 Å². The Balaban J connectivity index is 2.06. The van der Waals surface area contributed by atoms with Crippen LogP contribution >= 0.6 is 15.9 Å². The van der Waals surface area contributed by atoms with Crippen LogP contribution in [0.5, 0.6) is 0 Å². The van der Waals surface area contributed by atoms with Crippen molar-refractivity contribution in [3.8, 4) is 0 Å². The van der Waals surface area contributed by atoms with Gasteiger partial charge in [-0.2, -0.15) is 0 Å². The number of carbonyl (C=O) groups is 1. The summed E-state index contributed by atoms with van der Waals surface area (Å²) in [7, 11) is 0. The quantitative estimate of drug-likeness (QED) is 0.883. The summed E-state index contributed by atoms with van der Waals surface area (Å²) in [5.41, 5.74) is 0.125. The summed E-state index contributed by atoms with van der Waals surface area (Å²) < 4.78 is 14.5. The van der Waals surface area contributed by atoms with E-state index in [0.29, 0.717) is 12.1 Å². The van der Waals surface area contributed by atoms with E-state index in [1.807, 2.05) is 0 Å². The van der Waals surface area contributed by atoms with Gasteiger partial charge in [0, 0.05) is 23.1 Å². The van der Waals surface area contributed by atoms with Gasteiger partial charge in [0.2, 0.25) is 5.91 Å². The minimum absolute atomic E-state index is 0.0110. The Morgan fingerprint density at radius 2 is 2.30 bits per heavy atom. The van der Waals surface area contributed by atoms with E-state index < -0.39 is 0 Å². The first-order valence-corrected chi connectivity index (χ1v) is 7.68. The van der Waals surface area contributed by atoms with E-state index in [4.69, 9.17) is 0 Å². The zero-order valence-electron chi connectivity index (χ0n) is 11.8. The van der Waals surface area contributed by atoms with Crippen molar-refractivity contribution in [3.63, 3.8) is 0 Å². The first-order chi connectivity index (χ1) is 9.45. The van der Waals surface area contributed by atoms with Gasteiger partial charge in [0.25, 0.3) is 0 Å². The largest absolute Gasteiger partial charge is 0.351 e. The van der Waals surface area contributed by atoms with Crippen LogP contribution in [0.3, 0.4) is 0 Å². The molecule has 1 saturated heterocycles. The fourth-order valence-electron chi connectivity index (χ4n) is 2.69. The van der Waals surface area contributed by atoms with Gasteiger partial charge in [0.05, 0.1) is 5.41 Å². The zero-order valence-corrected chi connectivity index (χ0v) is 13.4. The molecule has 2 N–H and O–H groups in total. The molecule has 0 aliphatic carbocycles. The molecule has 3 nitrogen and oxygen atoms in total. The van der Waals surface area contributed by atoms with Crippen molar-refractivity contribution in [3.05, 3.63) is 34.1 Å². The highest BCUT2D eigenvalue weighted by molar-refractivity contribution is 9.10. The Morgan fingerprint density at radius 1 is 1.55 bits per heavy atom. The second kappa shape index (κ2) is 6.22. The van der Waals surface area contributed by atoms with Crippen LogP contribution in [-0.4, -0.2) is 19.0 Å². The molecule has 20 heavy (non-hydrogen) atoms. The maximum Gasteiger partial charge on any atom is 0.228 e. The van der Waals surface area contributed by atoms with Gasteiger partial charge in [0.15, 0.2) is 0 Å². The van der Waals surface area contributed by atoms with Gasteiger partial charge in [0.1, 0.15) is 5.82 Å². The summed E-state index contributed by atoms with van der Waals surface area (Å²) in [6.45, 7) is 5.89. The Hall–Kier alpha value is -0.940. The lowest BCUT2D eigenvalue weighted by atomic mass is 9.75. The molecular weight excluding hydrogens is 323 g/mol. The molecule has 5 heteroatoms. The zero-order chi connectivity index (χ0) is 14.8. The molecule has 2 rings (SSSR count). The molecule has 0 spiro atoms. The molecule has 0 aromatic heterocycles. The first-order valence-electron chi connectivity index (χ1n) is 6.88. The minimum atomic E-state index is -0.373. The highest BCUT2D eigenvalue weighted by Gasteiger charge is 2.43. The molecule has 110 valence electrons. The smallest absolute Gasteiger partial charge is 0.228 e. The molecule has 1 aliphatic rings. The lowest BCUT2D eigenvalue weighted by Gasteiger charge is -2.31. The summed E-state index contributed by atoms with van der Waals surface area (Å²) in [5, 5.41) is 6.14. The Kier molecular flexibility index (Phi) is 4.81. The van der Waals surface area contributed by atoms with Gasteiger partial charge in [-0.3, -0.25) is 4.79 Å². The van der Waals surface area contributed by atoms with Crippen molar-refractivity contribution in [1.29, 1.82) is 0 Å². The van der Waals surface area contributed by atoms with E-state index in [2.05, 4.69) is 40.4 Å². The number of rotatable bonds is 4. The van der Waals surface area contributed by atoms with Gasteiger partial charge >= 0.3 is 0 Å². The van der Waals surface area contributed by atoms with E-state index in [0.717, 1.165) is 17.4 Å². The molecule has 0 radical (unpaired) electrons. The van der Waals surface area contributed by atoms with Crippen LogP contribution in [-0.2, 0) is 11.3 Å². The average molecular weight is 343 g/mol. The number of benzene rings is 1. The summed E-state index contributed by atoms with van der Waals surface area (Å²) in [6, 6.07) is 4.75. The lowest BCUT2D eigenvalue weighted by Crippen LogP contribution is -2.45. The Labute approximate surface area is 127 Å². The summed E-state index contributed by atoms with van der Waals surface area (Å²) >= 11 is 3.31. The predicted octanol–water partition coefficient (Wildman–Crippen LogP) is 2.84. The number of halogens is 2. The third-order valence-electron chi connectivity index (χ3n) is 4.19. The molecule has 1 unspecified atom stereocenters. The van der Waals surface area contributed by atoms with Gasteiger partial charge in [-0.1, -0.05) is 29.8 Å². The van der Waals surface area contributed by atoms with Crippen LogP contribution in [0.4, 0.5) is 4.39 Å². The Bertz CT molecular complexity index is 499. The number of carbonyl (C=O) groups excluding carboxylic acids is 1. The lowest BCUT2D eigenvalue weighted by molar-refractivity contribution is -0.132. The van der Waals surface area contributed by atoms with Crippen LogP contribution < -0.4 is 10.6 Å². The third-order valence-corrected chi connectivity index (χ3v) is 4.69. The van der Waals surface area contributed by atoms with Crippen LogP contribution in [0.1, 0.15) is 25.8 Å². The molecule has 0 saturated carbocycles. The SMILES string of the molecule is CC(C)C1(C(=O)NCc2cc(Br)ccc2F)CCNC1. The molecule has 1 aromatic carbocycles. The number of hydrogen-bond donors (Lipinski definition) is 2. The van der Waals surface area contributed by atoms with Gasteiger partial charge < -0.3 is 10.6 Å². The summed E-state index contributed by atoms with van der Waals surface area (Å²) in [4.78, 5) is 12.5. The topological polar surface area (TPSA) is 41.1 Å². The normalized spacial score (nSPS) is 22.2. The summed E-state index contributed by atoms with van der Waals surface area (Å²) in [6.07, 6.45) is 0.831. The van der Waals surface area contributed by atoms with Crippen LogP contribution in [0.25, 0.3) is 0 Å². The number of nitrogens with one attached hydrogen (secondary N) is 2. The predicted molar refractivity (Wildman–Crippen MR) is 80.7 cm³/mol. The molecule has 1 amide bonds. The van der Waals surface area contributed by atoms with Gasteiger partial charge in [-0.15, -0.1) is 0 Å². The molecule has 1 atom stereocenters. The molecule has 1 aromatic rings. The number of hydrogen-bond acceptors (Lipinski definition) is 2. The van der Waals surface area contributed by atoms with Crippen molar-refractivity contribution < 1.29 is 9.18 Å². The Morgan fingerprint density at radius 3 is 2.90 bits per heavy atom. The third kappa shape index (κ3) is 3.04. The van der Waals surface area contributed by atoms with Crippen LogP contribution in [0.15, 0.2) is 22.7 Å². The summed E-state index contributed by atoms with van der Waals surface area (Å²) in [5.74, 6) is -0.0293. The van der Waals surface area contributed by atoms with Crippen molar-refractivity contribution in [2.24, 2.45) is 11.3 Å². The fraction of sp³-hybridized carbons (Fsp3) is 0.533. The molecule has 1 heterocycles. The van der Waals surface area contributed by atoms with E-state index >= 15 is 0 Å². The number of amides is 1. The second-order valence-electron chi connectivity index (χ2n) is 5.66. The molecule has 1 aliphatic heterocycles. The second-order valence-corrected chi connectivity index (χ2v) is 6.57. The van der Waals surface area contributed by atoms with E-state index in [1.54, 1.807) is 12.1 Å².